The van der Waals surface area contributed by atoms with Crippen molar-refractivity contribution < 1.29 is 9.59 Å². The summed E-state index contributed by atoms with van der Waals surface area (Å²) in [6.45, 7) is 4.60. The zero-order valence-corrected chi connectivity index (χ0v) is 20.0. The Balaban J connectivity index is 1.15. The first-order valence-electron chi connectivity index (χ1n) is 10.9. The number of urea groups is 1. The molecule has 4 aromatic rings. The van der Waals surface area contributed by atoms with Crippen molar-refractivity contribution in [1.82, 2.24) is 14.9 Å². The second-order valence-electron chi connectivity index (χ2n) is 8.14. The summed E-state index contributed by atoms with van der Waals surface area (Å²) in [5.74, 6) is -0.203. The number of aromatic nitrogens is 2. The number of nitrogens with zero attached hydrogens (tertiary/aromatic N) is 3. The maximum atomic E-state index is 12.7. The molecule has 1 fully saturated rings. The quantitative estimate of drug-likeness (QED) is 0.364. The monoisotopic (exact) mass is 494 g/mol. The van der Waals surface area contributed by atoms with Crippen molar-refractivity contribution in [2.75, 3.05) is 41.7 Å². The van der Waals surface area contributed by atoms with Crippen LogP contribution in [0, 0.1) is 6.92 Å². The van der Waals surface area contributed by atoms with Gasteiger partial charge < -0.3 is 25.4 Å². The van der Waals surface area contributed by atoms with Crippen LogP contribution in [-0.4, -0.2) is 53.0 Å². The molecular weight excluding hydrogens is 472 g/mol. The van der Waals surface area contributed by atoms with Crippen LogP contribution in [0.5, 0.6) is 0 Å². The van der Waals surface area contributed by atoms with E-state index in [0.717, 1.165) is 21.6 Å². The number of thiazole rings is 1. The lowest BCUT2D eigenvalue weighted by molar-refractivity contribution is 0.102. The Labute approximate surface area is 205 Å². The van der Waals surface area contributed by atoms with Gasteiger partial charge in [0.25, 0.3) is 5.91 Å². The zero-order chi connectivity index (χ0) is 23.7. The molecule has 1 aliphatic heterocycles. The largest absolute Gasteiger partial charge is 0.368 e. The Bertz CT molecular complexity index is 1310. The van der Waals surface area contributed by atoms with Crippen LogP contribution >= 0.6 is 22.9 Å². The van der Waals surface area contributed by atoms with Gasteiger partial charge in [-0.3, -0.25) is 4.79 Å². The Kier molecular flexibility index (Phi) is 6.12. The summed E-state index contributed by atoms with van der Waals surface area (Å²) in [5, 5.41) is 6.35. The van der Waals surface area contributed by atoms with E-state index in [4.69, 9.17) is 11.6 Å². The van der Waals surface area contributed by atoms with Gasteiger partial charge in [0.1, 0.15) is 16.0 Å². The van der Waals surface area contributed by atoms with Gasteiger partial charge in [-0.05, 0) is 55.0 Å². The highest BCUT2D eigenvalue weighted by Crippen LogP contribution is 2.24. The van der Waals surface area contributed by atoms with Gasteiger partial charge in [0, 0.05) is 37.6 Å². The third-order valence-corrected chi connectivity index (χ3v) is 6.88. The molecule has 2 aromatic heterocycles. The average Bonchev–Trinajstić information content (AvgIpc) is 3.45. The standard InChI is InChI=1S/C24H23ClN6O2S/c1-15-2-7-18(25)19(12-15)29-24(33)31-10-8-30(9-11-31)17-5-3-16(4-6-17)27-22(32)20-13-21-23(28-20)34-14-26-21/h2-7,12-14,28H,8-11H2,1H3,(H,27,32)(H,29,33). The van der Waals surface area contributed by atoms with Gasteiger partial charge in [-0.25, -0.2) is 9.78 Å². The molecule has 0 saturated carbocycles. The number of carbonyl (C=O) groups is 2. The van der Waals surface area contributed by atoms with E-state index in [1.165, 1.54) is 11.3 Å². The smallest absolute Gasteiger partial charge is 0.322 e. The van der Waals surface area contributed by atoms with Crippen LogP contribution in [0.25, 0.3) is 10.3 Å². The Morgan fingerprint density at radius 2 is 1.79 bits per heavy atom. The number of amides is 3. The molecule has 10 heteroatoms. The predicted molar refractivity (Wildman–Crippen MR) is 137 cm³/mol. The van der Waals surface area contributed by atoms with E-state index in [9.17, 15) is 9.59 Å². The van der Waals surface area contributed by atoms with Gasteiger partial charge in [0.05, 0.1) is 16.2 Å². The number of H-pyrrole nitrogens is 1. The Hall–Kier alpha value is -3.56. The Morgan fingerprint density at radius 3 is 2.53 bits per heavy atom. The fourth-order valence-corrected chi connectivity index (χ4v) is 4.76. The number of piperazine rings is 1. The highest BCUT2D eigenvalue weighted by molar-refractivity contribution is 7.16. The minimum Gasteiger partial charge on any atom is -0.368 e. The number of anilines is 3. The molecule has 1 saturated heterocycles. The van der Waals surface area contributed by atoms with E-state index in [2.05, 4.69) is 25.5 Å². The first-order valence-corrected chi connectivity index (χ1v) is 12.1. The molecule has 3 N–H and O–H groups in total. The molecule has 1 aliphatic rings. The number of carbonyl (C=O) groups excluding carboxylic acids is 2. The summed E-state index contributed by atoms with van der Waals surface area (Å²) in [6.07, 6.45) is 0. The summed E-state index contributed by atoms with van der Waals surface area (Å²) >= 11 is 7.67. The van der Waals surface area contributed by atoms with Crippen LogP contribution in [-0.2, 0) is 0 Å². The van der Waals surface area contributed by atoms with Gasteiger partial charge in [-0.15, -0.1) is 11.3 Å². The van der Waals surface area contributed by atoms with Crippen molar-refractivity contribution in [3.05, 3.63) is 70.3 Å². The van der Waals surface area contributed by atoms with Crippen molar-refractivity contribution in [2.45, 2.75) is 6.92 Å². The van der Waals surface area contributed by atoms with E-state index in [1.807, 2.05) is 43.3 Å². The second kappa shape index (κ2) is 9.36. The minimum atomic E-state index is -0.203. The lowest BCUT2D eigenvalue weighted by Crippen LogP contribution is -2.50. The van der Waals surface area contributed by atoms with E-state index in [1.54, 1.807) is 22.5 Å². The summed E-state index contributed by atoms with van der Waals surface area (Å²) < 4.78 is 0. The number of hydrogen-bond acceptors (Lipinski definition) is 5. The number of aromatic amines is 1. The van der Waals surface area contributed by atoms with Crippen LogP contribution in [0.4, 0.5) is 21.9 Å². The number of rotatable bonds is 4. The molecule has 0 atom stereocenters. The van der Waals surface area contributed by atoms with E-state index >= 15 is 0 Å². The number of nitrogens with one attached hydrogen (secondary N) is 3. The predicted octanol–water partition coefficient (Wildman–Crippen LogP) is 5.19. The molecule has 0 spiro atoms. The number of halogens is 1. The summed E-state index contributed by atoms with van der Waals surface area (Å²) in [4.78, 5) is 37.4. The number of hydrogen-bond donors (Lipinski definition) is 3. The van der Waals surface area contributed by atoms with Crippen LogP contribution in [0.2, 0.25) is 5.02 Å². The van der Waals surface area contributed by atoms with Crippen molar-refractivity contribution in [1.29, 1.82) is 0 Å². The van der Waals surface area contributed by atoms with Gasteiger partial charge in [0.15, 0.2) is 0 Å². The molecule has 0 bridgehead atoms. The number of aryl methyl sites for hydroxylation is 1. The van der Waals surface area contributed by atoms with Crippen LogP contribution in [0.3, 0.4) is 0 Å². The molecule has 3 amide bonds. The fourth-order valence-electron chi connectivity index (χ4n) is 3.92. The van der Waals surface area contributed by atoms with Crippen LogP contribution < -0.4 is 15.5 Å². The molecule has 5 rings (SSSR count). The third kappa shape index (κ3) is 4.71. The van der Waals surface area contributed by atoms with Crippen LogP contribution in [0.1, 0.15) is 16.1 Å². The molecule has 0 radical (unpaired) electrons. The van der Waals surface area contributed by atoms with E-state index in [-0.39, 0.29) is 11.9 Å². The lowest BCUT2D eigenvalue weighted by atomic mass is 10.2. The SMILES string of the molecule is Cc1ccc(Cl)c(NC(=O)N2CCN(c3ccc(NC(=O)c4cc5ncsc5[nH]4)cc3)CC2)c1. The first kappa shape index (κ1) is 22.2. The van der Waals surface area contributed by atoms with E-state index < -0.39 is 0 Å². The second-order valence-corrected chi connectivity index (χ2v) is 9.40. The van der Waals surface area contributed by atoms with Crippen molar-refractivity contribution >= 4 is 62.3 Å². The van der Waals surface area contributed by atoms with Crippen LogP contribution in [0.15, 0.2) is 54.0 Å². The summed E-state index contributed by atoms with van der Waals surface area (Å²) in [5.41, 5.74) is 6.45. The minimum absolute atomic E-state index is 0.149. The summed E-state index contributed by atoms with van der Waals surface area (Å²) in [7, 11) is 0. The van der Waals surface area contributed by atoms with Crippen molar-refractivity contribution in [3.63, 3.8) is 0 Å². The molecular formula is C24H23ClN6O2S. The molecule has 8 nitrogen and oxygen atoms in total. The normalized spacial score (nSPS) is 13.8. The highest BCUT2D eigenvalue weighted by atomic mass is 35.5. The third-order valence-electron chi connectivity index (χ3n) is 5.79. The zero-order valence-electron chi connectivity index (χ0n) is 18.5. The lowest BCUT2D eigenvalue weighted by Gasteiger charge is -2.36. The molecule has 2 aromatic carbocycles. The molecule has 3 heterocycles. The maximum absolute atomic E-state index is 12.7. The number of fused-ring (bicyclic) bond motifs is 1. The van der Waals surface area contributed by atoms with Gasteiger partial charge in [-0.1, -0.05) is 17.7 Å². The topological polar surface area (TPSA) is 93.4 Å². The maximum Gasteiger partial charge on any atom is 0.322 e. The van der Waals surface area contributed by atoms with Crippen molar-refractivity contribution in [3.8, 4) is 0 Å². The highest BCUT2D eigenvalue weighted by Gasteiger charge is 2.22. The Morgan fingerprint density at radius 1 is 1.03 bits per heavy atom. The fraction of sp³-hybridized carbons (Fsp3) is 0.208. The van der Waals surface area contributed by atoms with Crippen molar-refractivity contribution in [2.24, 2.45) is 0 Å². The van der Waals surface area contributed by atoms with Gasteiger partial charge in [0.2, 0.25) is 0 Å². The van der Waals surface area contributed by atoms with E-state index in [0.29, 0.717) is 48.3 Å². The molecule has 174 valence electrons. The molecule has 0 unspecified atom stereocenters. The summed E-state index contributed by atoms with van der Waals surface area (Å²) in [6, 6.07) is 14.9. The molecule has 34 heavy (non-hydrogen) atoms. The number of benzene rings is 2. The molecule has 0 aliphatic carbocycles. The average molecular weight is 495 g/mol. The first-order chi connectivity index (χ1) is 16.5. The van der Waals surface area contributed by atoms with Gasteiger partial charge in [-0.2, -0.15) is 0 Å². The van der Waals surface area contributed by atoms with Gasteiger partial charge >= 0.3 is 6.03 Å².